The fourth-order valence-electron chi connectivity index (χ4n) is 4.13. The molecule has 4 aliphatic rings. The number of ether oxygens (including phenoxy) is 4. The Labute approximate surface area is 158 Å². The van der Waals surface area contributed by atoms with Crippen molar-refractivity contribution in [2.75, 3.05) is 11.5 Å². The summed E-state index contributed by atoms with van der Waals surface area (Å²) in [6.07, 6.45) is 2.89. The molecule has 0 amide bonds. The average molecular weight is 393 g/mol. The smallest absolute Gasteiger partial charge is 0.163 e. The SMILES string of the molecule is CC[C@@H]1[C@H]2OC(C)(C)O[C@H]2C[S@@]1=O.CC[C@H]1SC[C@@H]2OC(C)(C)O[C@@H]21. The first-order valence-corrected chi connectivity index (χ1v) is 11.8. The maximum absolute atomic E-state index is 11.6. The topological polar surface area (TPSA) is 54.0 Å². The zero-order valence-corrected chi connectivity index (χ0v) is 17.8. The Morgan fingerprint density at radius 2 is 1.52 bits per heavy atom. The molecule has 0 radical (unpaired) electrons. The molecule has 0 aromatic heterocycles. The Bertz CT molecular complexity index is 510. The number of thioether (sulfide) groups is 1. The maximum atomic E-state index is 11.6. The molecule has 25 heavy (non-hydrogen) atoms. The van der Waals surface area contributed by atoms with E-state index < -0.39 is 16.6 Å². The molecule has 0 saturated carbocycles. The van der Waals surface area contributed by atoms with Gasteiger partial charge in [0.05, 0.1) is 29.3 Å². The molecule has 0 aromatic rings. The number of rotatable bonds is 2. The molecule has 5 nitrogen and oxygen atoms in total. The van der Waals surface area contributed by atoms with Crippen molar-refractivity contribution < 1.29 is 23.2 Å². The first kappa shape index (κ1) is 20.1. The van der Waals surface area contributed by atoms with Crippen LogP contribution >= 0.6 is 11.8 Å². The summed E-state index contributed by atoms with van der Waals surface area (Å²) in [6.45, 7) is 12.1. The summed E-state index contributed by atoms with van der Waals surface area (Å²) in [4.78, 5) is 0. The second-order valence-electron chi connectivity index (χ2n) is 8.05. The van der Waals surface area contributed by atoms with Crippen LogP contribution in [0, 0.1) is 0 Å². The Hall–Kier alpha value is 0.340. The summed E-state index contributed by atoms with van der Waals surface area (Å²) in [5, 5.41) is 0.823. The van der Waals surface area contributed by atoms with Gasteiger partial charge in [-0.1, -0.05) is 13.8 Å². The highest BCUT2D eigenvalue weighted by Gasteiger charge is 2.52. The van der Waals surface area contributed by atoms with E-state index in [0.29, 0.717) is 23.2 Å². The van der Waals surface area contributed by atoms with Crippen molar-refractivity contribution in [2.24, 2.45) is 0 Å². The lowest BCUT2D eigenvalue weighted by Gasteiger charge is -2.20. The van der Waals surface area contributed by atoms with Crippen LogP contribution in [0.15, 0.2) is 0 Å². The molecule has 4 heterocycles. The molecule has 0 aliphatic carbocycles. The highest BCUT2D eigenvalue weighted by molar-refractivity contribution is 8.00. The van der Waals surface area contributed by atoms with Crippen molar-refractivity contribution in [3.05, 3.63) is 0 Å². The van der Waals surface area contributed by atoms with Gasteiger partial charge in [0.25, 0.3) is 0 Å². The van der Waals surface area contributed by atoms with Gasteiger partial charge in [-0.05, 0) is 40.5 Å². The van der Waals surface area contributed by atoms with Gasteiger partial charge in [-0.25, -0.2) is 0 Å². The Balaban J connectivity index is 0.000000146. The summed E-state index contributed by atoms with van der Waals surface area (Å²) in [5.74, 6) is 0.927. The van der Waals surface area contributed by atoms with Crippen LogP contribution in [0.25, 0.3) is 0 Å². The predicted molar refractivity (Wildman–Crippen MR) is 101 cm³/mol. The quantitative estimate of drug-likeness (QED) is 0.720. The average Bonchev–Trinajstić information content (AvgIpc) is 3.15. The number of fused-ring (bicyclic) bond motifs is 2. The first-order chi connectivity index (χ1) is 11.7. The van der Waals surface area contributed by atoms with Crippen molar-refractivity contribution >= 4 is 22.6 Å². The molecule has 0 aromatic carbocycles. The lowest BCUT2D eigenvalue weighted by molar-refractivity contribution is -0.146. The van der Waals surface area contributed by atoms with Crippen LogP contribution in [-0.2, 0) is 29.7 Å². The molecule has 0 N–H and O–H groups in total. The van der Waals surface area contributed by atoms with Gasteiger partial charge in [-0.2, -0.15) is 11.8 Å². The van der Waals surface area contributed by atoms with Gasteiger partial charge < -0.3 is 18.9 Å². The Morgan fingerprint density at radius 3 is 2.12 bits per heavy atom. The molecule has 7 heteroatoms. The predicted octanol–water partition coefficient (Wildman–Crippen LogP) is 3.08. The molecule has 4 fully saturated rings. The minimum Gasteiger partial charge on any atom is -0.344 e. The van der Waals surface area contributed by atoms with Crippen LogP contribution < -0.4 is 0 Å². The van der Waals surface area contributed by atoms with Gasteiger partial charge in [0.2, 0.25) is 0 Å². The van der Waals surface area contributed by atoms with E-state index in [-0.39, 0.29) is 23.2 Å². The Kier molecular flexibility index (Phi) is 5.94. The minimum atomic E-state index is -0.753. The van der Waals surface area contributed by atoms with E-state index in [1.54, 1.807) is 0 Å². The molecule has 0 unspecified atom stereocenters. The molecule has 4 saturated heterocycles. The van der Waals surface area contributed by atoms with E-state index in [2.05, 4.69) is 13.8 Å². The summed E-state index contributed by atoms with van der Waals surface area (Å²) < 4.78 is 34.6. The molecule has 0 spiro atoms. The van der Waals surface area contributed by atoms with Crippen molar-refractivity contribution in [1.82, 2.24) is 0 Å². The van der Waals surface area contributed by atoms with Crippen LogP contribution in [0.4, 0.5) is 0 Å². The van der Waals surface area contributed by atoms with E-state index in [9.17, 15) is 4.21 Å². The van der Waals surface area contributed by atoms with Gasteiger partial charge in [-0.3, -0.25) is 4.21 Å². The highest BCUT2D eigenvalue weighted by Crippen LogP contribution is 2.42. The van der Waals surface area contributed by atoms with E-state index in [1.807, 2.05) is 39.5 Å². The third-order valence-corrected chi connectivity index (χ3v) is 8.61. The standard InChI is InChI=1S/C9H16O3S.C9H16O2S/c1-4-7-8-6(5-13(7)10)11-9(2,3)12-8;1-4-7-8-6(5-12-7)10-9(2,3)11-8/h6-8H,4-5H2,1-3H3;6-8H,4-5H2,1-3H3/t6-,7+,8-,13-;6-,7+,8-/m00/s1. The lowest BCUT2D eigenvalue weighted by Crippen LogP contribution is -2.29. The molecular weight excluding hydrogens is 360 g/mol. The monoisotopic (exact) mass is 392 g/mol. The fourth-order valence-corrected chi connectivity index (χ4v) is 7.21. The molecule has 146 valence electrons. The van der Waals surface area contributed by atoms with Gasteiger partial charge in [-0.15, -0.1) is 0 Å². The summed E-state index contributed by atoms with van der Waals surface area (Å²) >= 11 is 1.99. The molecule has 7 atom stereocenters. The molecular formula is C18H32O5S2. The van der Waals surface area contributed by atoms with Crippen LogP contribution in [0.2, 0.25) is 0 Å². The zero-order chi connectivity index (χ0) is 18.4. The van der Waals surface area contributed by atoms with E-state index >= 15 is 0 Å². The summed E-state index contributed by atoms with van der Waals surface area (Å²) in [5.41, 5.74) is 0. The van der Waals surface area contributed by atoms with Crippen molar-refractivity contribution in [2.45, 2.75) is 101 Å². The largest absolute Gasteiger partial charge is 0.344 e. The van der Waals surface area contributed by atoms with Crippen LogP contribution in [0.5, 0.6) is 0 Å². The maximum Gasteiger partial charge on any atom is 0.163 e. The lowest BCUT2D eigenvalue weighted by atomic mass is 10.1. The normalized spacial score (nSPS) is 46.4. The highest BCUT2D eigenvalue weighted by atomic mass is 32.2. The fraction of sp³-hybridized carbons (Fsp3) is 1.00. The molecule has 0 bridgehead atoms. The first-order valence-electron chi connectivity index (χ1n) is 9.36. The minimum absolute atomic E-state index is 0.0563. The van der Waals surface area contributed by atoms with Crippen LogP contribution in [0.1, 0.15) is 54.4 Å². The van der Waals surface area contributed by atoms with Crippen molar-refractivity contribution in [1.29, 1.82) is 0 Å². The van der Waals surface area contributed by atoms with Crippen molar-refractivity contribution in [3.63, 3.8) is 0 Å². The zero-order valence-electron chi connectivity index (χ0n) is 16.2. The third-order valence-electron chi connectivity index (χ3n) is 5.12. The van der Waals surface area contributed by atoms with Crippen molar-refractivity contribution in [3.8, 4) is 0 Å². The van der Waals surface area contributed by atoms with Gasteiger partial charge in [0.1, 0.15) is 6.10 Å². The second-order valence-corrected chi connectivity index (χ2v) is 11.0. The van der Waals surface area contributed by atoms with Gasteiger partial charge in [0.15, 0.2) is 11.6 Å². The number of hydrogen-bond acceptors (Lipinski definition) is 6. The summed E-state index contributed by atoms with van der Waals surface area (Å²) in [6, 6.07) is 0. The summed E-state index contributed by atoms with van der Waals surface area (Å²) in [7, 11) is -0.753. The van der Waals surface area contributed by atoms with Gasteiger partial charge in [0, 0.05) is 21.8 Å². The van der Waals surface area contributed by atoms with E-state index in [0.717, 1.165) is 12.2 Å². The number of hydrogen-bond donors (Lipinski definition) is 0. The molecule has 4 aliphatic heterocycles. The third kappa shape index (κ3) is 4.27. The second kappa shape index (κ2) is 7.40. The molecule has 4 rings (SSSR count). The Morgan fingerprint density at radius 1 is 0.920 bits per heavy atom. The van der Waals surface area contributed by atoms with Crippen LogP contribution in [-0.4, -0.2) is 62.2 Å². The van der Waals surface area contributed by atoms with E-state index in [1.165, 1.54) is 6.42 Å². The van der Waals surface area contributed by atoms with Crippen LogP contribution in [0.3, 0.4) is 0 Å². The van der Waals surface area contributed by atoms with E-state index in [4.69, 9.17) is 18.9 Å². The van der Waals surface area contributed by atoms with Gasteiger partial charge >= 0.3 is 0 Å².